The molecule has 0 saturated carbocycles. The summed E-state index contributed by atoms with van der Waals surface area (Å²) in [6, 6.07) is 8.40. The fraction of sp³-hybridized carbons (Fsp3) is 0.682. The number of hydrogen-bond donors (Lipinski definition) is 2. The molecule has 1 unspecified atom stereocenters. The second kappa shape index (κ2) is 11.9. The highest BCUT2D eigenvalue weighted by atomic mass is 16.5. The molecule has 1 heterocycles. The Balaban J connectivity index is 1.78. The van der Waals surface area contributed by atoms with E-state index in [4.69, 9.17) is 4.74 Å². The first-order valence-electron chi connectivity index (χ1n) is 10.5. The standard InChI is InChI=1S/C22H39N5O/c1-18-11-15-27(16-12-18)14-8-13-24-22(23-2)25-17-20(26(3)4)19-9-6-7-10-21(19)28-5/h6-7,9-10,18,20H,8,11-17H2,1-5H3,(H2,23,24,25). The summed E-state index contributed by atoms with van der Waals surface area (Å²) in [4.78, 5) is 9.17. The average molecular weight is 390 g/mol. The molecule has 1 aliphatic heterocycles. The molecule has 0 bridgehead atoms. The first kappa shape index (κ1) is 22.5. The lowest BCUT2D eigenvalue weighted by Crippen LogP contribution is -2.43. The van der Waals surface area contributed by atoms with Gasteiger partial charge in [-0.1, -0.05) is 25.1 Å². The van der Waals surface area contributed by atoms with Gasteiger partial charge >= 0.3 is 0 Å². The van der Waals surface area contributed by atoms with Gasteiger partial charge in [-0.15, -0.1) is 0 Å². The molecule has 0 aromatic heterocycles. The molecule has 1 saturated heterocycles. The van der Waals surface area contributed by atoms with Gasteiger partial charge in [0.1, 0.15) is 5.75 Å². The molecule has 2 rings (SSSR count). The van der Waals surface area contributed by atoms with Crippen molar-refractivity contribution in [1.82, 2.24) is 20.4 Å². The third kappa shape index (κ3) is 6.99. The van der Waals surface area contributed by atoms with E-state index in [1.165, 1.54) is 31.5 Å². The topological polar surface area (TPSA) is 52.1 Å². The molecule has 1 atom stereocenters. The smallest absolute Gasteiger partial charge is 0.191 e. The van der Waals surface area contributed by atoms with Gasteiger partial charge in [0.2, 0.25) is 0 Å². The lowest BCUT2D eigenvalue weighted by Gasteiger charge is -2.30. The van der Waals surface area contributed by atoms with Gasteiger partial charge in [0, 0.05) is 25.7 Å². The van der Waals surface area contributed by atoms with Crippen molar-refractivity contribution in [3.05, 3.63) is 29.8 Å². The summed E-state index contributed by atoms with van der Waals surface area (Å²) in [5, 5.41) is 6.93. The number of guanidine groups is 1. The van der Waals surface area contributed by atoms with Crippen LogP contribution in [0.25, 0.3) is 0 Å². The zero-order valence-electron chi connectivity index (χ0n) is 18.4. The van der Waals surface area contributed by atoms with E-state index in [2.05, 4.69) is 58.6 Å². The highest BCUT2D eigenvalue weighted by Crippen LogP contribution is 2.27. The molecule has 0 spiro atoms. The monoisotopic (exact) mass is 389 g/mol. The molecule has 158 valence electrons. The molecule has 1 aliphatic rings. The van der Waals surface area contributed by atoms with Gasteiger partial charge < -0.3 is 25.2 Å². The first-order valence-corrected chi connectivity index (χ1v) is 10.5. The largest absolute Gasteiger partial charge is 0.496 e. The van der Waals surface area contributed by atoms with Gasteiger partial charge in [0.05, 0.1) is 13.2 Å². The maximum Gasteiger partial charge on any atom is 0.191 e. The average Bonchev–Trinajstić information content (AvgIpc) is 2.71. The summed E-state index contributed by atoms with van der Waals surface area (Å²) in [5.74, 6) is 2.67. The van der Waals surface area contributed by atoms with Crippen LogP contribution in [0.4, 0.5) is 0 Å². The molecular weight excluding hydrogens is 350 g/mol. The Labute approximate surface area is 171 Å². The minimum atomic E-state index is 0.199. The summed E-state index contributed by atoms with van der Waals surface area (Å²) in [5.41, 5.74) is 1.18. The molecule has 6 nitrogen and oxygen atoms in total. The van der Waals surface area contributed by atoms with Gasteiger partial charge in [-0.25, -0.2) is 0 Å². The lowest BCUT2D eigenvalue weighted by molar-refractivity contribution is 0.191. The van der Waals surface area contributed by atoms with Crippen molar-refractivity contribution in [3.63, 3.8) is 0 Å². The highest BCUT2D eigenvalue weighted by Gasteiger charge is 2.18. The number of methoxy groups -OCH3 is 1. The van der Waals surface area contributed by atoms with E-state index in [0.717, 1.165) is 43.7 Å². The predicted molar refractivity (Wildman–Crippen MR) is 118 cm³/mol. The highest BCUT2D eigenvalue weighted by molar-refractivity contribution is 5.79. The number of likely N-dealkylation sites (tertiary alicyclic amines) is 1. The Morgan fingerprint density at radius 2 is 1.96 bits per heavy atom. The van der Waals surface area contributed by atoms with Crippen LogP contribution in [0, 0.1) is 5.92 Å². The fourth-order valence-corrected chi connectivity index (χ4v) is 3.72. The van der Waals surface area contributed by atoms with Crippen LogP contribution in [-0.4, -0.2) is 76.7 Å². The number of benzene rings is 1. The zero-order chi connectivity index (χ0) is 20.4. The van der Waals surface area contributed by atoms with Crippen molar-refractivity contribution in [2.75, 3.05) is 61.0 Å². The van der Waals surface area contributed by atoms with E-state index in [9.17, 15) is 0 Å². The van der Waals surface area contributed by atoms with E-state index >= 15 is 0 Å². The summed E-state index contributed by atoms with van der Waals surface area (Å²) in [7, 11) is 7.74. The fourth-order valence-electron chi connectivity index (χ4n) is 3.72. The van der Waals surface area contributed by atoms with Crippen LogP contribution in [-0.2, 0) is 0 Å². The molecule has 1 aromatic rings. The van der Waals surface area contributed by atoms with Gasteiger partial charge in [-0.2, -0.15) is 0 Å². The van der Waals surface area contributed by atoms with E-state index in [0.29, 0.717) is 0 Å². The summed E-state index contributed by atoms with van der Waals surface area (Å²) in [6.07, 6.45) is 3.82. The Hall–Kier alpha value is -1.79. The van der Waals surface area contributed by atoms with Gasteiger partial charge in [0.25, 0.3) is 0 Å². The van der Waals surface area contributed by atoms with E-state index in [1.807, 2.05) is 19.2 Å². The number of para-hydroxylation sites is 1. The van der Waals surface area contributed by atoms with Crippen molar-refractivity contribution >= 4 is 5.96 Å². The Bertz CT molecular complexity index is 596. The van der Waals surface area contributed by atoms with Crippen molar-refractivity contribution in [3.8, 4) is 5.75 Å². The van der Waals surface area contributed by atoms with Crippen molar-refractivity contribution < 1.29 is 4.74 Å². The molecule has 28 heavy (non-hydrogen) atoms. The molecule has 1 aromatic carbocycles. The first-order chi connectivity index (χ1) is 13.5. The number of likely N-dealkylation sites (N-methyl/N-ethyl adjacent to an activating group) is 1. The molecule has 0 aliphatic carbocycles. The third-order valence-electron chi connectivity index (χ3n) is 5.63. The Morgan fingerprint density at radius 3 is 2.61 bits per heavy atom. The number of piperidine rings is 1. The van der Waals surface area contributed by atoms with Crippen LogP contribution < -0.4 is 15.4 Å². The maximum atomic E-state index is 5.55. The van der Waals surface area contributed by atoms with E-state index in [1.54, 1.807) is 7.11 Å². The number of hydrogen-bond acceptors (Lipinski definition) is 4. The molecule has 2 N–H and O–H groups in total. The van der Waals surface area contributed by atoms with Crippen molar-refractivity contribution in [2.24, 2.45) is 10.9 Å². The number of nitrogens with one attached hydrogen (secondary N) is 2. The van der Waals surface area contributed by atoms with Crippen LogP contribution >= 0.6 is 0 Å². The molecule has 0 radical (unpaired) electrons. The van der Waals surface area contributed by atoms with Crippen LogP contribution in [0.3, 0.4) is 0 Å². The van der Waals surface area contributed by atoms with Crippen LogP contribution in [0.1, 0.15) is 37.8 Å². The summed E-state index contributed by atoms with van der Waals surface area (Å²) in [6.45, 7) is 7.72. The predicted octanol–water partition coefficient (Wildman–Crippen LogP) is 2.58. The molecule has 1 fully saturated rings. The quantitative estimate of drug-likeness (QED) is 0.386. The van der Waals surface area contributed by atoms with Crippen LogP contribution in [0.15, 0.2) is 29.3 Å². The third-order valence-corrected chi connectivity index (χ3v) is 5.63. The number of aliphatic imine (C=N–C) groups is 1. The van der Waals surface area contributed by atoms with Crippen molar-refractivity contribution in [2.45, 2.75) is 32.2 Å². The lowest BCUT2D eigenvalue weighted by atomic mass is 9.99. The summed E-state index contributed by atoms with van der Waals surface area (Å²) < 4.78 is 5.55. The second-order valence-corrected chi connectivity index (χ2v) is 7.98. The maximum absolute atomic E-state index is 5.55. The Morgan fingerprint density at radius 1 is 1.25 bits per heavy atom. The number of ether oxygens (including phenoxy) is 1. The van der Waals surface area contributed by atoms with Crippen LogP contribution in [0.5, 0.6) is 5.75 Å². The minimum Gasteiger partial charge on any atom is -0.496 e. The molecule has 0 amide bonds. The number of nitrogens with zero attached hydrogens (tertiary/aromatic N) is 3. The van der Waals surface area contributed by atoms with E-state index < -0.39 is 0 Å². The van der Waals surface area contributed by atoms with Gasteiger partial charge in [-0.05, 0) is 65.0 Å². The van der Waals surface area contributed by atoms with E-state index in [-0.39, 0.29) is 6.04 Å². The van der Waals surface area contributed by atoms with Gasteiger partial charge in [0.15, 0.2) is 5.96 Å². The normalized spacial score (nSPS) is 17.6. The Kier molecular flexibility index (Phi) is 9.58. The van der Waals surface area contributed by atoms with Crippen LogP contribution in [0.2, 0.25) is 0 Å². The zero-order valence-corrected chi connectivity index (χ0v) is 18.4. The SMILES string of the molecule is CN=C(NCCCN1CCC(C)CC1)NCC(c1ccccc1OC)N(C)C. The minimum absolute atomic E-state index is 0.199. The number of rotatable bonds is 9. The second-order valence-electron chi connectivity index (χ2n) is 7.98. The molecular formula is C22H39N5O. The van der Waals surface area contributed by atoms with Crippen molar-refractivity contribution in [1.29, 1.82) is 0 Å². The summed E-state index contributed by atoms with van der Waals surface area (Å²) >= 11 is 0. The molecule has 6 heteroatoms. The van der Waals surface area contributed by atoms with Gasteiger partial charge in [-0.3, -0.25) is 4.99 Å².